The zero-order valence-electron chi connectivity index (χ0n) is 9.59. The van der Waals surface area contributed by atoms with Crippen LogP contribution in [0.2, 0.25) is 5.02 Å². The fourth-order valence-electron chi connectivity index (χ4n) is 1.81. The Morgan fingerprint density at radius 3 is 3.00 bits per heavy atom. The fraction of sp³-hybridized carbons (Fsp3) is 0.286. The molecule has 1 aliphatic carbocycles. The first kappa shape index (κ1) is 11.4. The molecule has 0 amide bonds. The maximum atomic E-state index is 14.8. The Kier molecular flexibility index (Phi) is 2.49. The molecule has 0 saturated heterocycles. The summed E-state index contributed by atoms with van der Waals surface area (Å²) in [6.07, 6.45) is 2.06. The van der Waals surface area contributed by atoms with Gasteiger partial charge in [-0.25, -0.2) is 0 Å². The molecule has 1 N–H and O–H groups in total. The van der Waals surface area contributed by atoms with E-state index in [0.29, 0.717) is 22.2 Å². The van der Waals surface area contributed by atoms with Gasteiger partial charge in [-0.1, -0.05) is 17.5 Å². The van der Waals surface area contributed by atoms with Crippen molar-refractivity contribution in [1.29, 1.82) is 0 Å². The Labute approximate surface area is 110 Å². The third-order valence-electron chi connectivity index (χ3n) is 2.88. The number of halogens is 2. The van der Waals surface area contributed by atoms with Crippen LogP contribution < -0.4 is 5.32 Å². The molecule has 2 aliphatic rings. The van der Waals surface area contributed by atoms with Gasteiger partial charge in [0, 0.05) is 10.9 Å². The van der Waals surface area contributed by atoms with E-state index in [4.69, 9.17) is 16.3 Å². The van der Waals surface area contributed by atoms with Crippen molar-refractivity contribution in [3.8, 4) is 11.8 Å². The van der Waals surface area contributed by atoms with Crippen molar-refractivity contribution in [2.75, 3.05) is 5.32 Å². The van der Waals surface area contributed by atoms with Crippen LogP contribution in [0, 0.1) is 17.8 Å². The molecule has 1 fully saturated rings. The molecule has 1 aliphatic heterocycles. The van der Waals surface area contributed by atoms with E-state index in [-0.39, 0.29) is 5.88 Å². The van der Waals surface area contributed by atoms with Gasteiger partial charge in [-0.15, -0.1) is 0 Å². The standard InChI is InChI=1S/C14H11ClFNO/c1-9-17-13-5-4-11(15)8-12(13)14(16,18-9)7-6-10-2-3-10/h4-5,8,10,17H,1-3H2. The van der Waals surface area contributed by atoms with Gasteiger partial charge < -0.3 is 10.1 Å². The lowest BCUT2D eigenvalue weighted by Gasteiger charge is -2.30. The van der Waals surface area contributed by atoms with Crippen molar-refractivity contribution in [3.63, 3.8) is 0 Å². The first-order valence-corrected chi connectivity index (χ1v) is 6.11. The van der Waals surface area contributed by atoms with Crippen LogP contribution in [0.5, 0.6) is 0 Å². The van der Waals surface area contributed by atoms with Gasteiger partial charge >= 0.3 is 5.85 Å². The minimum absolute atomic E-state index is 0.150. The Balaban J connectivity index is 2.07. The molecule has 1 saturated carbocycles. The van der Waals surface area contributed by atoms with E-state index in [1.807, 2.05) is 0 Å². The van der Waals surface area contributed by atoms with Crippen molar-refractivity contribution in [2.24, 2.45) is 5.92 Å². The molecule has 0 radical (unpaired) electrons. The Morgan fingerprint density at radius 1 is 1.50 bits per heavy atom. The largest absolute Gasteiger partial charge is 0.429 e. The lowest BCUT2D eigenvalue weighted by molar-refractivity contribution is -0.0680. The smallest absolute Gasteiger partial charge is 0.342 e. The maximum absolute atomic E-state index is 14.8. The van der Waals surface area contributed by atoms with E-state index in [1.165, 1.54) is 6.07 Å². The zero-order chi connectivity index (χ0) is 12.8. The van der Waals surface area contributed by atoms with E-state index in [2.05, 4.69) is 23.7 Å². The highest BCUT2D eigenvalue weighted by molar-refractivity contribution is 6.30. The third-order valence-corrected chi connectivity index (χ3v) is 3.12. The monoisotopic (exact) mass is 263 g/mol. The van der Waals surface area contributed by atoms with E-state index >= 15 is 0 Å². The Morgan fingerprint density at radius 2 is 2.28 bits per heavy atom. The second kappa shape index (κ2) is 3.93. The minimum atomic E-state index is -2.16. The molecule has 1 unspecified atom stereocenters. The van der Waals surface area contributed by atoms with Crippen LogP contribution in [0.25, 0.3) is 0 Å². The molecule has 4 heteroatoms. The summed E-state index contributed by atoms with van der Waals surface area (Å²) in [6.45, 7) is 3.60. The summed E-state index contributed by atoms with van der Waals surface area (Å²) in [4.78, 5) is 0. The van der Waals surface area contributed by atoms with E-state index < -0.39 is 5.85 Å². The number of alkyl halides is 1. The molecule has 1 heterocycles. The number of hydrogen-bond acceptors (Lipinski definition) is 2. The molecule has 1 atom stereocenters. The average Bonchev–Trinajstić information content (AvgIpc) is 3.12. The van der Waals surface area contributed by atoms with E-state index in [1.54, 1.807) is 12.1 Å². The van der Waals surface area contributed by atoms with Gasteiger partial charge in [-0.3, -0.25) is 0 Å². The average molecular weight is 264 g/mol. The number of rotatable bonds is 0. The third kappa shape index (κ3) is 2.04. The Bertz CT molecular complexity index is 585. The number of benzene rings is 1. The molecular weight excluding hydrogens is 253 g/mol. The molecule has 3 rings (SSSR count). The van der Waals surface area contributed by atoms with Crippen LogP contribution >= 0.6 is 11.6 Å². The zero-order valence-corrected chi connectivity index (χ0v) is 10.4. The number of anilines is 1. The van der Waals surface area contributed by atoms with Crippen LogP contribution in [-0.2, 0) is 10.6 Å². The van der Waals surface area contributed by atoms with Crippen molar-refractivity contribution in [1.82, 2.24) is 0 Å². The summed E-state index contributed by atoms with van der Waals surface area (Å²) in [7, 11) is 0. The van der Waals surface area contributed by atoms with Crippen LogP contribution in [0.4, 0.5) is 10.1 Å². The predicted molar refractivity (Wildman–Crippen MR) is 68.6 cm³/mol. The summed E-state index contributed by atoms with van der Waals surface area (Å²) in [5, 5.41) is 3.31. The van der Waals surface area contributed by atoms with Gasteiger partial charge in [0.1, 0.15) is 0 Å². The molecule has 1 aromatic rings. The normalized spacial score (nSPS) is 25.3. The highest BCUT2D eigenvalue weighted by Crippen LogP contribution is 2.41. The minimum Gasteiger partial charge on any atom is -0.429 e. The Hall–Kier alpha value is -1.66. The predicted octanol–water partition coefficient (Wildman–Crippen LogP) is 3.79. The van der Waals surface area contributed by atoms with Gasteiger partial charge in [-0.2, -0.15) is 4.39 Å². The van der Waals surface area contributed by atoms with Crippen LogP contribution in [0.3, 0.4) is 0 Å². The SMILES string of the molecule is C=C1Nc2ccc(Cl)cc2C(F)(C#CC2CC2)O1. The first-order chi connectivity index (χ1) is 8.57. The maximum Gasteiger partial charge on any atom is 0.342 e. The fourth-order valence-corrected chi connectivity index (χ4v) is 1.98. The molecule has 0 aromatic heterocycles. The quantitative estimate of drug-likeness (QED) is 0.719. The second-order valence-corrected chi connectivity index (χ2v) is 4.92. The van der Waals surface area contributed by atoms with Gasteiger partial charge in [0.2, 0.25) is 0 Å². The topological polar surface area (TPSA) is 21.3 Å². The van der Waals surface area contributed by atoms with Gasteiger partial charge in [0.15, 0.2) is 5.88 Å². The van der Waals surface area contributed by atoms with Crippen molar-refractivity contribution in [3.05, 3.63) is 41.2 Å². The lowest BCUT2D eigenvalue weighted by atomic mass is 10.0. The number of ether oxygens (including phenoxy) is 1. The van der Waals surface area contributed by atoms with Crippen molar-refractivity contribution in [2.45, 2.75) is 18.7 Å². The highest BCUT2D eigenvalue weighted by Gasteiger charge is 2.39. The summed E-state index contributed by atoms with van der Waals surface area (Å²) < 4.78 is 20.0. The van der Waals surface area contributed by atoms with Crippen molar-refractivity contribution >= 4 is 17.3 Å². The van der Waals surface area contributed by atoms with Gasteiger partial charge in [-0.05, 0) is 43.5 Å². The summed E-state index contributed by atoms with van der Waals surface area (Å²) in [5.74, 6) is 3.75. The van der Waals surface area contributed by atoms with Crippen LogP contribution in [0.15, 0.2) is 30.7 Å². The van der Waals surface area contributed by atoms with Crippen LogP contribution in [0.1, 0.15) is 18.4 Å². The summed E-state index contributed by atoms with van der Waals surface area (Å²) in [5.41, 5.74) is 0.888. The molecule has 0 bridgehead atoms. The summed E-state index contributed by atoms with van der Waals surface area (Å²) in [6, 6.07) is 4.90. The van der Waals surface area contributed by atoms with Crippen LogP contribution in [-0.4, -0.2) is 0 Å². The molecule has 0 spiro atoms. The number of fused-ring (bicyclic) bond motifs is 1. The van der Waals surface area contributed by atoms with E-state index in [0.717, 1.165) is 12.8 Å². The number of nitrogens with one attached hydrogen (secondary N) is 1. The molecule has 2 nitrogen and oxygen atoms in total. The molecular formula is C14H11ClFNO. The molecule has 1 aromatic carbocycles. The number of hydrogen-bond donors (Lipinski definition) is 1. The van der Waals surface area contributed by atoms with E-state index in [9.17, 15) is 4.39 Å². The lowest BCUT2D eigenvalue weighted by Crippen LogP contribution is -2.30. The van der Waals surface area contributed by atoms with Gasteiger partial charge in [0.25, 0.3) is 0 Å². The first-order valence-electron chi connectivity index (χ1n) is 5.73. The van der Waals surface area contributed by atoms with Gasteiger partial charge in [0.05, 0.1) is 11.3 Å². The summed E-state index contributed by atoms with van der Waals surface area (Å²) >= 11 is 5.89. The molecule has 92 valence electrons. The molecule has 18 heavy (non-hydrogen) atoms. The van der Waals surface area contributed by atoms with Crippen molar-refractivity contribution < 1.29 is 9.13 Å². The second-order valence-electron chi connectivity index (χ2n) is 4.48. The highest BCUT2D eigenvalue weighted by atomic mass is 35.5.